The summed E-state index contributed by atoms with van der Waals surface area (Å²) >= 11 is 0. The lowest BCUT2D eigenvalue weighted by molar-refractivity contribution is 0.957. The summed E-state index contributed by atoms with van der Waals surface area (Å²) in [5, 5.41) is 4.24. The molecule has 2 aromatic heterocycles. The normalized spacial score (nSPS) is 10.6. The topological polar surface area (TPSA) is 17.3 Å². The molecule has 2 heteroatoms. The van der Waals surface area contributed by atoms with Gasteiger partial charge in [0.05, 0.1) is 11.7 Å². The van der Waals surface area contributed by atoms with Crippen LogP contribution in [-0.2, 0) is 0 Å². The highest BCUT2D eigenvalue weighted by molar-refractivity contribution is 5.64. The van der Waals surface area contributed by atoms with Gasteiger partial charge in [-0.1, -0.05) is 12.6 Å². The van der Waals surface area contributed by atoms with E-state index in [9.17, 15) is 0 Å². The first kappa shape index (κ1) is 8.05. The van der Waals surface area contributed by atoms with Gasteiger partial charge in [0, 0.05) is 6.20 Å². The van der Waals surface area contributed by atoms with Crippen molar-refractivity contribution in [2.75, 3.05) is 0 Å². The first-order valence-electron chi connectivity index (χ1n) is 4.28. The quantitative estimate of drug-likeness (QED) is 0.646. The summed E-state index contributed by atoms with van der Waals surface area (Å²) < 4.78 is 1.89. The minimum atomic E-state index is 1.06. The van der Waals surface area contributed by atoms with Crippen LogP contribution in [-0.4, -0.2) is 9.61 Å². The van der Waals surface area contributed by atoms with Crippen LogP contribution in [0, 0.1) is 6.92 Å². The molecule has 0 saturated heterocycles. The van der Waals surface area contributed by atoms with E-state index < -0.39 is 0 Å². The van der Waals surface area contributed by atoms with Crippen molar-refractivity contribution in [2.24, 2.45) is 0 Å². The Bertz CT molecular complexity index is 466. The van der Waals surface area contributed by atoms with Crippen LogP contribution in [0.1, 0.15) is 18.1 Å². The number of fused-ring (bicyclic) bond motifs is 1. The lowest BCUT2D eigenvalue weighted by Crippen LogP contribution is -1.89. The van der Waals surface area contributed by atoms with Crippen LogP contribution < -0.4 is 0 Å². The first-order valence-corrected chi connectivity index (χ1v) is 4.28. The molecule has 0 fully saturated rings. The van der Waals surface area contributed by atoms with Gasteiger partial charge in [-0.3, -0.25) is 0 Å². The third-order valence-corrected chi connectivity index (χ3v) is 2.20. The maximum Gasteiger partial charge on any atom is 0.0691 e. The van der Waals surface area contributed by atoms with Crippen LogP contribution in [0.4, 0.5) is 0 Å². The van der Waals surface area contributed by atoms with Gasteiger partial charge in [0.2, 0.25) is 0 Å². The molecular weight excluding hydrogens is 160 g/mol. The van der Waals surface area contributed by atoms with E-state index in [0.717, 1.165) is 16.7 Å². The Labute approximate surface area is 77.5 Å². The first-order chi connectivity index (χ1) is 6.18. The minimum absolute atomic E-state index is 1.06. The maximum atomic E-state index is 4.24. The standard InChI is InChI=1S/C11H12N2/c1-8(2)10-4-5-11-9(3)6-12-13(11)7-10/h4-7H,1H2,2-3H3. The van der Waals surface area contributed by atoms with Crippen molar-refractivity contribution in [3.63, 3.8) is 0 Å². The molecule has 0 aliphatic heterocycles. The molecule has 2 aromatic rings. The molecule has 0 unspecified atom stereocenters. The van der Waals surface area contributed by atoms with Crippen molar-refractivity contribution in [1.82, 2.24) is 9.61 Å². The second-order valence-corrected chi connectivity index (χ2v) is 3.36. The SMILES string of the molecule is C=C(C)c1ccc2c(C)cnn2c1. The Kier molecular flexibility index (Phi) is 1.69. The summed E-state index contributed by atoms with van der Waals surface area (Å²) in [6.45, 7) is 7.95. The minimum Gasteiger partial charge on any atom is -0.240 e. The number of allylic oxidation sites excluding steroid dienone is 1. The van der Waals surface area contributed by atoms with Gasteiger partial charge < -0.3 is 0 Å². The maximum absolute atomic E-state index is 4.24. The molecule has 0 saturated carbocycles. The monoisotopic (exact) mass is 172 g/mol. The summed E-state index contributed by atoms with van der Waals surface area (Å²) in [7, 11) is 0. The van der Waals surface area contributed by atoms with Crippen molar-refractivity contribution >= 4 is 11.1 Å². The van der Waals surface area contributed by atoms with Crippen molar-refractivity contribution < 1.29 is 0 Å². The van der Waals surface area contributed by atoms with E-state index in [0.29, 0.717) is 0 Å². The predicted molar refractivity (Wildman–Crippen MR) is 54.6 cm³/mol. The van der Waals surface area contributed by atoms with Crippen LogP contribution in [0.15, 0.2) is 31.1 Å². The zero-order valence-corrected chi connectivity index (χ0v) is 7.91. The molecule has 0 N–H and O–H groups in total. The summed E-state index contributed by atoms with van der Waals surface area (Å²) in [5.41, 5.74) is 4.56. The fourth-order valence-electron chi connectivity index (χ4n) is 1.36. The van der Waals surface area contributed by atoms with Crippen LogP contribution in [0.25, 0.3) is 11.1 Å². The highest BCUT2D eigenvalue weighted by Gasteiger charge is 2.00. The van der Waals surface area contributed by atoms with E-state index in [2.05, 4.69) is 30.7 Å². The number of hydrogen-bond acceptors (Lipinski definition) is 1. The second-order valence-electron chi connectivity index (χ2n) is 3.36. The Morgan fingerprint density at radius 1 is 1.46 bits per heavy atom. The van der Waals surface area contributed by atoms with Crippen molar-refractivity contribution in [2.45, 2.75) is 13.8 Å². The molecule has 0 aliphatic carbocycles. The van der Waals surface area contributed by atoms with E-state index in [1.807, 2.05) is 23.8 Å². The highest BCUT2D eigenvalue weighted by atomic mass is 15.2. The van der Waals surface area contributed by atoms with Crippen molar-refractivity contribution in [1.29, 1.82) is 0 Å². The van der Waals surface area contributed by atoms with Crippen LogP contribution >= 0.6 is 0 Å². The fourth-order valence-corrected chi connectivity index (χ4v) is 1.36. The second kappa shape index (κ2) is 2.73. The van der Waals surface area contributed by atoms with Gasteiger partial charge in [-0.05, 0) is 36.6 Å². The van der Waals surface area contributed by atoms with Crippen LogP contribution in [0.3, 0.4) is 0 Å². The van der Waals surface area contributed by atoms with Gasteiger partial charge in [0.25, 0.3) is 0 Å². The molecule has 0 bridgehead atoms. The van der Waals surface area contributed by atoms with E-state index in [4.69, 9.17) is 0 Å². The third kappa shape index (κ3) is 1.24. The van der Waals surface area contributed by atoms with E-state index in [-0.39, 0.29) is 0 Å². The summed E-state index contributed by atoms with van der Waals surface area (Å²) in [4.78, 5) is 0. The molecule has 2 nitrogen and oxygen atoms in total. The number of pyridine rings is 1. The smallest absolute Gasteiger partial charge is 0.0691 e. The Hall–Kier alpha value is -1.57. The third-order valence-electron chi connectivity index (χ3n) is 2.20. The van der Waals surface area contributed by atoms with Crippen molar-refractivity contribution in [3.8, 4) is 0 Å². The molecule has 13 heavy (non-hydrogen) atoms. The molecule has 2 rings (SSSR count). The molecule has 0 radical (unpaired) electrons. The van der Waals surface area contributed by atoms with E-state index >= 15 is 0 Å². The number of aryl methyl sites for hydroxylation is 1. The molecule has 0 spiro atoms. The Morgan fingerprint density at radius 2 is 2.23 bits per heavy atom. The van der Waals surface area contributed by atoms with Crippen molar-refractivity contribution in [3.05, 3.63) is 42.2 Å². The lowest BCUT2D eigenvalue weighted by Gasteiger charge is -2.00. The number of nitrogens with zero attached hydrogens (tertiary/aromatic N) is 2. The predicted octanol–water partition coefficient (Wildman–Crippen LogP) is 2.68. The van der Waals surface area contributed by atoms with Gasteiger partial charge in [-0.25, -0.2) is 4.52 Å². The average molecular weight is 172 g/mol. The lowest BCUT2D eigenvalue weighted by atomic mass is 10.1. The highest BCUT2D eigenvalue weighted by Crippen LogP contribution is 2.15. The summed E-state index contributed by atoms with van der Waals surface area (Å²) in [6, 6.07) is 4.15. The number of aromatic nitrogens is 2. The zero-order chi connectivity index (χ0) is 9.42. The van der Waals surface area contributed by atoms with E-state index in [1.165, 1.54) is 5.56 Å². The molecule has 0 atom stereocenters. The van der Waals surface area contributed by atoms with Gasteiger partial charge in [-0.15, -0.1) is 0 Å². The van der Waals surface area contributed by atoms with Crippen LogP contribution in [0.2, 0.25) is 0 Å². The fraction of sp³-hybridized carbons (Fsp3) is 0.182. The average Bonchev–Trinajstić information content (AvgIpc) is 2.47. The molecule has 0 aliphatic rings. The molecule has 2 heterocycles. The largest absolute Gasteiger partial charge is 0.240 e. The Balaban J connectivity index is 2.70. The molecular formula is C11H12N2. The zero-order valence-electron chi connectivity index (χ0n) is 7.91. The van der Waals surface area contributed by atoms with E-state index in [1.54, 1.807) is 0 Å². The number of rotatable bonds is 1. The molecule has 0 aromatic carbocycles. The van der Waals surface area contributed by atoms with Gasteiger partial charge >= 0.3 is 0 Å². The van der Waals surface area contributed by atoms with Gasteiger partial charge in [0.1, 0.15) is 0 Å². The van der Waals surface area contributed by atoms with Gasteiger partial charge in [0.15, 0.2) is 0 Å². The molecule has 66 valence electrons. The summed E-state index contributed by atoms with van der Waals surface area (Å²) in [5.74, 6) is 0. The molecule has 0 amide bonds. The Morgan fingerprint density at radius 3 is 2.92 bits per heavy atom. The van der Waals surface area contributed by atoms with Gasteiger partial charge in [-0.2, -0.15) is 5.10 Å². The summed E-state index contributed by atoms with van der Waals surface area (Å²) in [6.07, 6.45) is 3.88. The number of hydrogen-bond donors (Lipinski definition) is 0. The van der Waals surface area contributed by atoms with Crippen LogP contribution in [0.5, 0.6) is 0 Å².